The molecule has 0 unspecified atom stereocenters. The smallest absolute Gasteiger partial charge is 0.260 e. The number of ether oxygens (including phenoxy) is 3. The number of nitrogens with one attached hydrogen (secondary N) is 1. The van der Waals surface area contributed by atoms with Crippen LogP contribution in [0.3, 0.4) is 0 Å². The summed E-state index contributed by atoms with van der Waals surface area (Å²) >= 11 is 6.11. The quantitative estimate of drug-likeness (QED) is 0.419. The van der Waals surface area contributed by atoms with Crippen molar-refractivity contribution in [2.24, 2.45) is 5.10 Å². The Morgan fingerprint density at radius 1 is 1.07 bits per heavy atom. The van der Waals surface area contributed by atoms with Crippen molar-refractivity contribution in [3.05, 3.63) is 47.0 Å². The number of hydrogen-bond donors (Lipinski definition) is 1. The van der Waals surface area contributed by atoms with Gasteiger partial charge in [-0.05, 0) is 62.7 Å². The Kier molecular flexibility index (Phi) is 9.28. The molecule has 0 bridgehead atoms. The van der Waals surface area contributed by atoms with Crippen molar-refractivity contribution < 1.29 is 19.0 Å². The summed E-state index contributed by atoms with van der Waals surface area (Å²) in [6, 6.07) is 10.7. The average Bonchev–Trinajstić information content (AvgIpc) is 2.74. The van der Waals surface area contributed by atoms with E-state index >= 15 is 0 Å². The number of carbonyl (C=O) groups is 1. The lowest BCUT2D eigenvalue weighted by atomic mass is 10.2. The summed E-state index contributed by atoms with van der Waals surface area (Å²) in [5, 5.41) is 4.72. The normalized spacial score (nSPS) is 10.7. The fourth-order valence-electron chi connectivity index (χ4n) is 2.72. The fourth-order valence-corrected chi connectivity index (χ4v) is 2.97. The molecule has 0 spiro atoms. The van der Waals surface area contributed by atoms with Crippen LogP contribution in [0, 0.1) is 0 Å². The van der Waals surface area contributed by atoms with Gasteiger partial charge in [0, 0.05) is 13.1 Å². The third-order valence-corrected chi connectivity index (χ3v) is 4.59. The van der Waals surface area contributed by atoms with Gasteiger partial charge < -0.3 is 19.1 Å². The second kappa shape index (κ2) is 11.9. The Balaban J connectivity index is 2.05. The molecular weight excluding hydrogens is 406 g/mol. The van der Waals surface area contributed by atoms with Crippen molar-refractivity contribution in [1.29, 1.82) is 0 Å². The lowest BCUT2D eigenvalue weighted by Crippen LogP contribution is -2.34. The zero-order chi connectivity index (χ0) is 21.9. The van der Waals surface area contributed by atoms with Gasteiger partial charge in [0.1, 0.15) is 5.75 Å². The summed E-state index contributed by atoms with van der Waals surface area (Å²) in [4.78, 5) is 13.9. The van der Waals surface area contributed by atoms with E-state index in [0.29, 0.717) is 42.0 Å². The summed E-state index contributed by atoms with van der Waals surface area (Å²) in [6.07, 6.45) is 1.66. The highest BCUT2D eigenvalue weighted by molar-refractivity contribution is 6.32. The molecule has 2 aromatic rings. The van der Waals surface area contributed by atoms with Crippen LogP contribution in [0.25, 0.3) is 0 Å². The molecule has 0 aliphatic rings. The van der Waals surface area contributed by atoms with E-state index < -0.39 is 0 Å². The van der Waals surface area contributed by atoms with Crippen molar-refractivity contribution in [2.75, 3.05) is 38.8 Å². The molecule has 0 aliphatic carbocycles. The van der Waals surface area contributed by atoms with Crippen LogP contribution in [0.4, 0.5) is 5.69 Å². The number of methoxy groups -OCH3 is 1. The van der Waals surface area contributed by atoms with Crippen LogP contribution in [0.5, 0.6) is 17.2 Å². The zero-order valence-corrected chi connectivity index (χ0v) is 18.5. The van der Waals surface area contributed by atoms with E-state index in [1.807, 2.05) is 39.0 Å². The summed E-state index contributed by atoms with van der Waals surface area (Å²) in [6.45, 7) is 7.51. The molecule has 1 amide bonds. The summed E-state index contributed by atoms with van der Waals surface area (Å²) in [7, 11) is 1.56. The predicted octanol–water partition coefficient (Wildman–Crippen LogP) is 4.44. The second-order valence-electron chi connectivity index (χ2n) is 6.21. The predicted molar refractivity (Wildman–Crippen MR) is 120 cm³/mol. The molecule has 7 nitrogen and oxygen atoms in total. The van der Waals surface area contributed by atoms with Crippen LogP contribution in [0.15, 0.2) is 41.5 Å². The molecule has 0 radical (unpaired) electrons. The summed E-state index contributed by atoms with van der Waals surface area (Å²) < 4.78 is 16.5. The van der Waals surface area contributed by atoms with Gasteiger partial charge >= 0.3 is 0 Å². The van der Waals surface area contributed by atoms with E-state index in [-0.39, 0.29) is 12.5 Å². The Hall–Kier alpha value is -2.93. The molecule has 30 heavy (non-hydrogen) atoms. The highest BCUT2D eigenvalue weighted by Crippen LogP contribution is 2.29. The first-order chi connectivity index (χ1) is 14.5. The Morgan fingerprint density at radius 3 is 2.43 bits per heavy atom. The third kappa shape index (κ3) is 6.56. The van der Waals surface area contributed by atoms with Crippen molar-refractivity contribution in [1.82, 2.24) is 4.90 Å². The van der Waals surface area contributed by atoms with Gasteiger partial charge in [-0.2, -0.15) is 5.10 Å². The first kappa shape index (κ1) is 23.3. The minimum Gasteiger partial charge on any atom is -0.495 e. The highest BCUT2D eigenvalue weighted by atomic mass is 35.5. The number of carbonyl (C=O) groups excluding carboxylic acids is 1. The first-order valence-corrected chi connectivity index (χ1v) is 10.2. The number of rotatable bonds is 11. The van der Waals surface area contributed by atoms with Crippen molar-refractivity contribution in [2.45, 2.75) is 20.8 Å². The van der Waals surface area contributed by atoms with E-state index in [1.165, 1.54) is 0 Å². The number of nitrogens with zero attached hydrogens (tertiary/aromatic N) is 2. The lowest BCUT2D eigenvalue weighted by molar-refractivity contribution is -0.132. The third-order valence-electron chi connectivity index (χ3n) is 4.29. The van der Waals surface area contributed by atoms with Gasteiger partial charge in [-0.15, -0.1) is 0 Å². The largest absolute Gasteiger partial charge is 0.495 e. The zero-order valence-electron chi connectivity index (χ0n) is 17.8. The van der Waals surface area contributed by atoms with Crippen LogP contribution in [-0.2, 0) is 4.79 Å². The minimum atomic E-state index is -0.0598. The molecule has 8 heteroatoms. The molecule has 0 atom stereocenters. The van der Waals surface area contributed by atoms with E-state index in [0.717, 1.165) is 11.3 Å². The van der Waals surface area contributed by atoms with Crippen LogP contribution >= 0.6 is 11.6 Å². The first-order valence-electron chi connectivity index (χ1n) is 9.82. The minimum absolute atomic E-state index is 0.0328. The van der Waals surface area contributed by atoms with Gasteiger partial charge in [-0.3, -0.25) is 10.2 Å². The Labute approximate surface area is 182 Å². The van der Waals surface area contributed by atoms with Gasteiger partial charge in [0.2, 0.25) is 0 Å². The van der Waals surface area contributed by atoms with Crippen LogP contribution in [0.1, 0.15) is 26.3 Å². The topological polar surface area (TPSA) is 72.4 Å². The fraction of sp³-hybridized carbons (Fsp3) is 0.364. The van der Waals surface area contributed by atoms with Gasteiger partial charge in [-0.25, -0.2) is 0 Å². The van der Waals surface area contributed by atoms with Crippen molar-refractivity contribution in [3.63, 3.8) is 0 Å². The summed E-state index contributed by atoms with van der Waals surface area (Å²) in [5.74, 6) is 1.61. The maximum atomic E-state index is 12.2. The molecule has 1 N–H and O–H groups in total. The van der Waals surface area contributed by atoms with Gasteiger partial charge in [-0.1, -0.05) is 11.6 Å². The number of hydrogen-bond acceptors (Lipinski definition) is 6. The number of halogens is 1. The lowest BCUT2D eigenvalue weighted by Gasteiger charge is -2.19. The Morgan fingerprint density at radius 2 is 1.80 bits per heavy atom. The maximum absolute atomic E-state index is 12.2. The molecule has 0 saturated carbocycles. The highest BCUT2D eigenvalue weighted by Gasteiger charge is 2.13. The Bertz CT molecular complexity index is 869. The molecule has 2 rings (SSSR count). The van der Waals surface area contributed by atoms with Gasteiger partial charge in [0.05, 0.1) is 30.6 Å². The molecule has 0 fully saturated rings. The molecule has 0 saturated heterocycles. The monoisotopic (exact) mass is 433 g/mol. The SMILES string of the molecule is CCOc1cc(/C=N/Nc2ccc(OC)c(Cl)c2)ccc1OCC(=O)N(CC)CC. The average molecular weight is 434 g/mol. The second-order valence-corrected chi connectivity index (χ2v) is 6.62. The van der Waals surface area contributed by atoms with E-state index in [2.05, 4.69) is 10.5 Å². The standard InChI is InChI=1S/C22H28ClN3O4/c1-5-26(6-2)22(27)15-30-20-10-8-16(12-21(20)29-7-3)14-24-25-17-9-11-19(28-4)18(23)13-17/h8-14,25H,5-7,15H2,1-4H3/b24-14+. The number of anilines is 1. The van der Waals surface area contributed by atoms with E-state index in [1.54, 1.807) is 36.4 Å². The van der Waals surface area contributed by atoms with E-state index in [4.69, 9.17) is 25.8 Å². The molecule has 0 heterocycles. The molecule has 0 aromatic heterocycles. The van der Waals surface area contributed by atoms with E-state index in [9.17, 15) is 4.79 Å². The number of hydrazone groups is 1. The number of amides is 1. The summed E-state index contributed by atoms with van der Waals surface area (Å²) in [5.41, 5.74) is 4.47. The van der Waals surface area contributed by atoms with Crippen molar-refractivity contribution >= 4 is 29.4 Å². The van der Waals surface area contributed by atoms with Gasteiger partial charge in [0.25, 0.3) is 5.91 Å². The number of benzene rings is 2. The molecule has 162 valence electrons. The number of likely N-dealkylation sites (N-methyl/N-ethyl adjacent to an activating group) is 1. The van der Waals surface area contributed by atoms with Crippen LogP contribution < -0.4 is 19.6 Å². The van der Waals surface area contributed by atoms with Crippen LogP contribution in [-0.4, -0.2) is 50.4 Å². The van der Waals surface area contributed by atoms with Crippen LogP contribution in [0.2, 0.25) is 5.02 Å². The van der Waals surface area contributed by atoms with Crippen molar-refractivity contribution in [3.8, 4) is 17.2 Å². The molecule has 0 aliphatic heterocycles. The maximum Gasteiger partial charge on any atom is 0.260 e. The molecular formula is C22H28ClN3O4. The molecule has 2 aromatic carbocycles. The van der Waals surface area contributed by atoms with Gasteiger partial charge in [0.15, 0.2) is 18.1 Å².